The van der Waals surface area contributed by atoms with E-state index in [4.69, 9.17) is 4.42 Å². The number of nitrogens with one attached hydrogen (secondary N) is 1. The van der Waals surface area contributed by atoms with Crippen molar-refractivity contribution >= 4 is 16.7 Å². The van der Waals surface area contributed by atoms with Crippen molar-refractivity contribution in [3.05, 3.63) is 65.2 Å². The van der Waals surface area contributed by atoms with Crippen molar-refractivity contribution < 1.29 is 17.6 Å². The molecule has 1 N–H and O–H groups in total. The third-order valence-electron chi connectivity index (χ3n) is 3.35. The van der Waals surface area contributed by atoms with E-state index in [1.165, 1.54) is 0 Å². The quantitative estimate of drug-likeness (QED) is 0.703. The second-order valence-corrected chi connectivity index (χ2v) is 4.74. The van der Waals surface area contributed by atoms with Gasteiger partial charge in [0.2, 0.25) is 0 Å². The van der Waals surface area contributed by atoms with Crippen molar-refractivity contribution in [3.8, 4) is 0 Å². The summed E-state index contributed by atoms with van der Waals surface area (Å²) in [4.78, 5) is 0. The average Bonchev–Trinajstić information content (AvgIpc) is 2.78. The van der Waals surface area contributed by atoms with Crippen molar-refractivity contribution in [1.82, 2.24) is 0 Å². The third kappa shape index (κ3) is 2.46. The Balaban J connectivity index is 1.88. The van der Waals surface area contributed by atoms with E-state index in [1.807, 2.05) is 31.2 Å². The minimum Gasteiger partial charge on any atom is -0.461 e. The smallest absolute Gasteiger partial charge is 0.194 e. The van der Waals surface area contributed by atoms with Gasteiger partial charge in [-0.05, 0) is 13.0 Å². The van der Waals surface area contributed by atoms with Crippen molar-refractivity contribution in [2.75, 3.05) is 5.32 Å². The summed E-state index contributed by atoms with van der Waals surface area (Å²) in [5, 5.41) is 3.82. The van der Waals surface area contributed by atoms with E-state index in [1.54, 1.807) is 0 Å². The van der Waals surface area contributed by atoms with Gasteiger partial charge in [-0.2, -0.15) is 0 Å². The number of hydrogen-bond acceptors (Lipinski definition) is 2. The largest absolute Gasteiger partial charge is 0.461 e. The Morgan fingerprint density at radius 2 is 1.71 bits per heavy atom. The van der Waals surface area contributed by atoms with Crippen molar-refractivity contribution in [3.63, 3.8) is 0 Å². The SMILES string of the molecule is Cc1oc2ccccc2c1CNc1cc(F)c(F)c(F)c1. The van der Waals surface area contributed by atoms with Crippen LogP contribution in [-0.2, 0) is 6.54 Å². The highest BCUT2D eigenvalue weighted by atomic mass is 19.2. The lowest BCUT2D eigenvalue weighted by Gasteiger charge is -2.07. The van der Waals surface area contributed by atoms with E-state index in [0.717, 1.165) is 34.4 Å². The maximum absolute atomic E-state index is 13.2. The molecule has 0 fully saturated rings. The number of rotatable bonds is 3. The summed E-state index contributed by atoms with van der Waals surface area (Å²) in [5.41, 5.74) is 1.83. The molecule has 108 valence electrons. The monoisotopic (exact) mass is 291 g/mol. The van der Waals surface area contributed by atoms with Crippen molar-refractivity contribution in [2.45, 2.75) is 13.5 Å². The van der Waals surface area contributed by atoms with E-state index >= 15 is 0 Å². The summed E-state index contributed by atoms with van der Waals surface area (Å²) < 4.78 is 44.8. The minimum absolute atomic E-state index is 0.177. The van der Waals surface area contributed by atoms with Gasteiger partial charge < -0.3 is 9.73 Å². The predicted molar refractivity (Wildman–Crippen MR) is 74.6 cm³/mol. The number of hydrogen-bond donors (Lipinski definition) is 1. The first kappa shape index (κ1) is 13.5. The lowest BCUT2D eigenvalue weighted by Crippen LogP contribution is -2.02. The van der Waals surface area contributed by atoms with Gasteiger partial charge in [-0.3, -0.25) is 0 Å². The molecule has 1 heterocycles. The fourth-order valence-corrected chi connectivity index (χ4v) is 2.29. The average molecular weight is 291 g/mol. The second-order valence-electron chi connectivity index (χ2n) is 4.74. The molecule has 0 unspecified atom stereocenters. The maximum atomic E-state index is 13.2. The normalized spacial score (nSPS) is 11.0. The summed E-state index contributed by atoms with van der Waals surface area (Å²) in [6.45, 7) is 2.15. The number of aryl methyl sites for hydroxylation is 1. The Morgan fingerprint density at radius 3 is 2.43 bits per heavy atom. The van der Waals surface area contributed by atoms with Crippen LogP contribution in [0.25, 0.3) is 11.0 Å². The maximum Gasteiger partial charge on any atom is 0.194 e. The number of fused-ring (bicyclic) bond motifs is 1. The predicted octanol–water partition coefficient (Wildman–Crippen LogP) is 4.77. The number of benzene rings is 2. The van der Waals surface area contributed by atoms with Crippen LogP contribution in [0, 0.1) is 24.4 Å². The van der Waals surface area contributed by atoms with Crippen LogP contribution < -0.4 is 5.32 Å². The molecular formula is C16H12F3NO. The zero-order valence-corrected chi connectivity index (χ0v) is 11.2. The Hall–Kier alpha value is -2.43. The highest BCUT2D eigenvalue weighted by Gasteiger charge is 2.13. The molecule has 5 heteroatoms. The Bertz CT molecular complexity index is 787. The second kappa shape index (κ2) is 5.16. The zero-order valence-electron chi connectivity index (χ0n) is 11.2. The molecule has 3 aromatic rings. The van der Waals surface area contributed by atoms with Crippen LogP contribution in [0.1, 0.15) is 11.3 Å². The Morgan fingerprint density at radius 1 is 1.05 bits per heavy atom. The topological polar surface area (TPSA) is 25.2 Å². The molecule has 2 nitrogen and oxygen atoms in total. The van der Waals surface area contributed by atoms with Crippen molar-refractivity contribution in [1.29, 1.82) is 0 Å². The molecule has 1 aromatic heterocycles. The fourth-order valence-electron chi connectivity index (χ4n) is 2.29. The first-order chi connectivity index (χ1) is 10.1. The van der Waals surface area contributed by atoms with E-state index in [9.17, 15) is 13.2 Å². The van der Waals surface area contributed by atoms with Crippen molar-refractivity contribution in [2.24, 2.45) is 0 Å². The van der Waals surface area contributed by atoms with E-state index < -0.39 is 17.5 Å². The van der Waals surface area contributed by atoms with Gasteiger partial charge in [0.15, 0.2) is 17.5 Å². The van der Waals surface area contributed by atoms with Gasteiger partial charge in [0.1, 0.15) is 11.3 Å². The summed E-state index contributed by atoms with van der Waals surface area (Å²) in [6.07, 6.45) is 0. The molecule has 0 atom stereocenters. The van der Waals surface area contributed by atoms with Gasteiger partial charge in [0.25, 0.3) is 0 Å². The van der Waals surface area contributed by atoms with Crippen LogP contribution in [0.4, 0.5) is 18.9 Å². The van der Waals surface area contributed by atoms with Crippen LogP contribution in [0.5, 0.6) is 0 Å². The molecular weight excluding hydrogens is 279 g/mol. The highest BCUT2D eigenvalue weighted by molar-refractivity contribution is 5.82. The van der Waals surface area contributed by atoms with Crippen LogP contribution in [0.3, 0.4) is 0 Å². The van der Waals surface area contributed by atoms with Gasteiger partial charge >= 0.3 is 0 Å². The number of furan rings is 1. The molecule has 0 aliphatic heterocycles. The standard InChI is InChI=1S/C16H12F3NO/c1-9-12(11-4-2-3-5-15(11)21-9)8-20-10-6-13(17)16(19)14(18)7-10/h2-7,20H,8H2,1H3. The molecule has 3 rings (SSSR count). The summed E-state index contributed by atoms with van der Waals surface area (Å²) >= 11 is 0. The fraction of sp³-hybridized carbons (Fsp3) is 0.125. The zero-order chi connectivity index (χ0) is 15.0. The van der Waals surface area contributed by atoms with Crippen LogP contribution in [0.15, 0.2) is 40.8 Å². The lowest BCUT2D eigenvalue weighted by atomic mass is 10.1. The molecule has 0 spiro atoms. The third-order valence-corrected chi connectivity index (χ3v) is 3.35. The number of para-hydroxylation sites is 1. The van der Waals surface area contributed by atoms with Gasteiger partial charge in [-0.1, -0.05) is 18.2 Å². The highest BCUT2D eigenvalue weighted by Crippen LogP contribution is 2.26. The minimum atomic E-state index is -1.47. The number of anilines is 1. The van der Waals surface area contributed by atoms with E-state index in [2.05, 4.69) is 5.32 Å². The molecule has 2 aromatic carbocycles. The molecule has 21 heavy (non-hydrogen) atoms. The molecule has 0 radical (unpaired) electrons. The van der Waals surface area contributed by atoms with E-state index in [0.29, 0.717) is 6.54 Å². The summed E-state index contributed by atoms with van der Waals surface area (Å²) in [7, 11) is 0. The first-order valence-electron chi connectivity index (χ1n) is 6.41. The van der Waals surface area contributed by atoms with Crippen LogP contribution in [0.2, 0.25) is 0 Å². The molecule has 0 aliphatic rings. The summed E-state index contributed by atoms with van der Waals surface area (Å²) in [6, 6.07) is 9.37. The molecule has 0 bridgehead atoms. The first-order valence-corrected chi connectivity index (χ1v) is 6.41. The molecule has 0 amide bonds. The molecule has 0 saturated heterocycles. The molecule has 0 saturated carbocycles. The van der Waals surface area contributed by atoms with Crippen LogP contribution in [-0.4, -0.2) is 0 Å². The van der Waals surface area contributed by atoms with Gasteiger partial charge in [-0.25, -0.2) is 13.2 Å². The van der Waals surface area contributed by atoms with Gasteiger partial charge in [0.05, 0.1) is 0 Å². The van der Waals surface area contributed by atoms with Gasteiger partial charge in [0, 0.05) is 35.3 Å². The Labute approximate surface area is 119 Å². The van der Waals surface area contributed by atoms with Gasteiger partial charge in [-0.15, -0.1) is 0 Å². The number of halogens is 3. The summed E-state index contributed by atoms with van der Waals surface area (Å²) in [5.74, 6) is -3.17. The molecule has 0 aliphatic carbocycles. The van der Waals surface area contributed by atoms with Crippen LogP contribution >= 0.6 is 0 Å². The van der Waals surface area contributed by atoms with E-state index in [-0.39, 0.29) is 5.69 Å². The lowest BCUT2D eigenvalue weighted by molar-refractivity contribution is 0.447. The Kier molecular flexibility index (Phi) is 3.33.